The smallest absolute Gasteiger partial charge is 0.137 e. The first-order valence-corrected chi connectivity index (χ1v) is 16.1. The minimum absolute atomic E-state index is 0.588. The molecule has 0 N–H and O–H groups in total. The first-order valence-electron chi connectivity index (χ1n) is 16.1. The van der Waals surface area contributed by atoms with Gasteiger partial charge in [-0.2, -0.15) is 10.5 Å². The van der Waals surface area contributed by atoms with E-state index in [1.54, 1.807) is 0 Å². The van der Waals surface area contributed by atoms with Gasteiger partial charge in [-0.05, 0) is 90.5 Å². The van der Waals surface area contributed by atoms with Crippen LogP contribution < -0.4 is 0 Å². The Morgan fingerprint density at radius 2 is 1.14 bits per heavy atom. The topological polar surface area (TPSA) is 70.6 Å². The van der Waals surface area contributed by atoms with Gasteiger partial charge in [-0.25, -0.2) is 0 Å². The normalized spacial score (nSPS) is 11.6. The second kappa shape index (κ2) is 10.2. The van der Waals surface area contributed by atoms with Crippen LogP contribution in [0.2, 0.25) is 0 Å². The van der Waals surface area contributed by atoms with E-state index in [4.69, 9.17) is 4.42 Å². The summed E-state index contributed by atoms with van der Waals surface area (Å²) in [6.07, 6.45) is 0. The molecule has 0 bridgehead atoms. The van der Waals surface area contributed by atoms with Gasteiger partial charge in [0.15, 0.2) is 0 Å². The van der Waals surface area contributed by atoms with E-state index in [2.05, 4.69) is 100 Å². The highest BCUT2D eigenvalue weighted by Gasteiger charge is 2.21. The van der Waals surface area contributed by atoms with Gasteiger partial charge < -0.3 is 13.6 Å². The Morgan fingerprint density at radius 1 is 0.469 bits per heavy atom. The fraction of sp³-hybridized carbons (Fsp3) is 0. The van der Waals surface area contributed by atoms with Crippen LogP contribution in [0.15, 0.2) is 150 Å². The first-order chi connectivity index (χ1) is 24.2. The van der Waals surface area contributed by atoms with Gasteiger partial charge in [-0.15, -0.1) is 0 Å². The quantitative estimate of drug-likeness (QED) is 0.196. The fourth-order valence-electron chi connectivity index (χ4n) is 7.66. The van der Waals surface area contributed by atoms with Crippen LogP contribution in [0.25, 0.3) is 88.1 Å². The zero-order valence-electron chi connectivity index (χ0n) is 26.1. The van der Waals surface area contributed by atoms with Crippen LogP contribution in [0.4, 0.5) is 0 Å². The molecule has 0 aliphatic carbocycles. The highest BCUT2D eigenvalue weighted by Crippen LogP contribution is 2.43. The van der Waals surface area contributed by atoms with Gasteiger partial charge in [-0.3, -0.25) is 0 Å². The molecule has 5 heteroatoms. The standard InChI is InChI=1S/C44H24N4O/c45-25-27-14-18-38(48-37-12-6-4-10-31(37)35-23-28(26-46)15-19-40(35)48)34(22-27)29-16-20-39-36(24-29)32-17-21-42-43(33-11-5-7-13-41(33)49-42)44(32)47(39)30-8-2-1-3-9-30/h1-24H. The maximum absolute atomic E-state index is 10.0. The van der Waals surface area contributed by atoms with E-state index in [1.165, 1.54) is 0 Å². The maximum Gasteiger partial charge on any atom is 0.137 e. The zero-order chi connectivity index (χ0) is 32.6. The predicted molar refractivity (Wildman–Crippen MR) is 197 cm³/mol. The van der Waals surface area contributed by atoms with E-state index >= 15 is 0 Å². The summed E-state index contributed by atoms with van der Waals surface area (Å²) in [5.74, 6) is 0. The van der Waals surface area contributed by atoms with E-state index in [0.717, 1.165) is 88.1 Å². The highest BCUT2D eigenvalue weighted by molar-refractivity contribution is 6.25. The molecule has 49 heavy (non-hydrogen) atoms. The Labute approximate surface area is 280 Å². The van der Waals surface area contributed by atoms with Gasteiger partial charge in [0.25, 0.3) is 0 Å². The van der Waals surface area contributed by atoms with E-state index in [0.29, 0.717) is 11.1 Å². The van der Waals surface area contributed by atoms with Crippen molar-refractivity contribution >= 4 is 65.6 Å². The molecular weight excluding hydrogens is 601 g/mol. The molecule has 0 fully saturated rings. The summed E-state index contributed by atoms with van der Waals surface area (Å²) in [6.45, 7) is 0. The number of fused-ring (bicyclic) bond motifs is 10. The zero-order valence-corrected chi connectivity index (χ0v) is 26.1. The average molecular weight is 625 g/mol. The number of benzene rings is 7. The number of furan rings is 1. The molecule has 0 atom stereocenters. The third kappa shape index (κ3) is 3.85. The number of hydrogen-bond acceptors (Lipinski definition) is 3. The third-order valence-corrected chi connectivity index (χ3v) is 9.76. The molecule has 0 saturated heterocycles. The van der Waals surface area contributed by atoms with Crippen LogP contribution >= 0.6 is 0 Å². The lowest BCUT2D eigenvalue weighted by Crippen LogP contribution is -1.98. The number of hydrogen-bond donors (Lipinski definition) is 0. The summed E-state index contributed by atoms with van der Waals surface area (Å²) in [7, 11) is 0. The van der Waals surface area contributed by atoms with Crippen molar-refractivity contribution in [1.82, 2.24) is 9.13 Å². The van der Waals surface area contributed by atoms with E-state index in [-0.39, 0.29) is 0 Å². The lowest BCUT2D eigenvalue weighted by atomic mass is 9.98. The third-order valence-electron chi connectivity index (χ3n) is 9.76. The van der Waals surface area contributed by atoms with E-state index in [1.807, 2.05) is 66.7 Å². The molecule has 0 unspecified atom stereocenters. The predicted octanol–water partition coefficient (Wildman–Crippen LogP) is 11.2. The lowest BCUT2D eigenvalue weighted by Gasteiger charge is -2.15. The Kier molecular flexibility index (Phi) is 5.64. The highest BCUT2D eigenvalue weighted by atomic mass is 16.3. The monoisotopic (exact) mass is 624 g/mol. The van der Waals surface area contributed by atoms with Crippen molar-refractivity contribution in [3.05, 3.63) is 157 Å². The molecule has 10 rings (SSSR count). The van der Waals surface area contributed by atoms with E-state index < -0.39 is 0 Å². The molecular formula is C44H24N4O. The minimum atomic E-state index is 0.588. The summed E-state index contributed by atoms with van der Waals surface area (Å²) in [4.78, 5) is 0. The molecule has 3 aromatic heterocycles. The van der Waals surface area contributed by atoms with Gasteiger partial charge in [-0.1, -0.05) is 60.7 Å². The summed E-state index contributed by atoms with van der Waals surface area (Å²) in [6, 6.07) is 54.2. The van der Waals surface area contributed by atoms with Crippen molar-refractivity contribution in [2.75, 3.05) is 0 Å². The Hall–Kier alpha value is -7.08. The summed E-state index contributed by atoms with van der Waals surface area (Å²) in [5, 5.41) is 26.2. The van der Waals surface area contributed by atoms with E-state index in [9.17, 15) is 10.5 Å². The number of aromatic nitrogens is 2. The Bertz CT molecular complexity index is 3070. The molecule has 0 aliphatic heterocycles. The lowest BCUT2D eigenvalue weighted by molar-refractivity contribution is 0.669. The number of para-hydroxylation sites is 3. The van der Waals surface area contributed by atoms with Crippen molar-refractivity contribution in [2.24, 2.45) is 0 Å². The largest absolute Gasteiger partial charge is 0.456 e. The fourth-order valence-corrected chi connectivity index (χ4v) is 7.66. The second-order valence-corrected chi connectivity index (χ2v) is 12.4. The Balaban J connectivity index is 1.30. The van der Waals surface area contributed by atoms with Crippen molar-refractivity contribution in [3.8, 4) is 34.6 Å². The van der Waals surface area contributed by atoms with Crippen LogP contribution in [0.3, 0.4) is 0 Å². The van der Waals surface area contributed by atoms with Gasteiger partial charge in [0.2, 0.25) is 0 Å². The minimum Gasteiger partial charge on any atom is -0.456 e. The van der Waals surface area contributed by atoms with Gasteiger partial charge in [0, 0.05) is 38.2 Å². The molecule has 7 aromatic carbocycles. The first kappa shape index (κ1) is 27.1. The van der Waals surface area contributed by atoms with Crippen molar-refractivity contribution in [3.63, 3.8) is 0 Å². The molecule has 5 nitrogen and oxygen atoms in total. The second-order valence-electron chi connectivity index (χ2n) is 12.4. The van der Waals surface area contributed by atoms with Gasteiger partial charge in [0.1, 0.15) is 11.2 Å². The molecule has 0 aliphatic rings. The molecule has 0 saturated carbocycles. The van der Waals surface area contributed by atoms with Crippen molar-refractivity contribution in [1.29, 1.82) is 10.5 Å². The summed E-state index contributed by atoms with van der Waals surface area (Å²) in [5.41, 5.74) is 11.1. The van der Waals surface area contributed by atoms with Crippen molar-refractivity contribution in [2.45, 2.75) is 0 Å². The van der Waals surface area contributed by atoms with Crippen LogP contribution in [-0.4, -0.2) is 9.13 Å². The van der Waals surface area contributed by atoms with Crippen molar-refractivity contribution < 1.29 is 4.42 Å². The Morgan fingerprint density at radius 3 is 2.00 bits per heavy atom. The molecule has 0 spiro atoms. The van der Waals surface area contributed by atoms with Crippen LogP contribution in [0, 0.1) is 22.7 Å². The van der Waals surface area contributed by atoms with Gasteiger partial charge >= 0.3 is 0 Å². The van der Waals surface area contributed by atoms with Gasteiger partial charge in [0.05, 0.1) is 56.4 Å². The van der Waals surface area contributed by atoms with Crippen LogP contribution in [0.5, 0.6) is 0 Å². The molecule has 0 amide bonds. The molecule has 10 aromatic rings. The number of nitrogens with zero attached hydrogens (tertiary/aromatic N) is 4. The maximum atomic E-state index is 10.0. The summed E-state index contributed by atoms with van der Waals surface area (Å²) >= 11 is 0. The molecule has 3 heterocycles. The summed E-state index contributed by atoms with van der Waals surface area (Å²) < 4.78 is 10.9. The number of nitriles is 2. The number of rotatable bonds is 3. The van der Waals surface area contributed by atoms with Crippen LogP contribution in [0.1, 0.15) is 11.1 Å². The SMILES string of the molecule is N#Cc1ccc(-n2c3ccccc3c3cc(C#N)ccc32)c(-c2ccc3c(c2)c2ccc4oc5ccccc5c4c2n3-c2ccccc2)c1. The average Bonchev–Trinajstić information content (AvgIpc) is 3.82. The molecule has 0 radical (unpaired) electrons. The molecule has 226 valence electrons. The van der Waals surface area contributed by atoms with Crippen LogP contribution in [-0.2, 0) is 0 Å².